The molecule has 120 valence electrons. The van der Waals surface area contributed by atoms with Crippen LogP contribution >= 0.6 is 23.4 Å². The van der Waals surface area contributed by atoms with Crippen LogP contribution in [0.4, 0.5) is 5.69 Å². The van der Waals surface area contributed by atoms with E-state index in [-0.39, 0.29) is 4.90 Å². The Bertz CT molecular complexity index is 539. The molecule has 0 aliphatic carbocycles. The van der Waals surface area contributed by atoms with Gasteiger partial charge in [-0.15, -0.1) is 0 Å². The SMILES string of the molecule is CSCCCCCCNS(=O)(=O)c1cc(N)c(C)c(Cl)c1. The van der Waals surface area contributed by atoms with Gasteiger partial charge in [0.2, 0.25) is 10.0 Å². The summed E-state index contributed by atoms with van der Waals surface area (Å²) in [7, 11) is -3.54. The molecular weight excluding hydrogens is 328 g/mol. The van der Waals surface area contributed by atoms with E-state index in [0.717, 1.165) is 25.0 Å². The summed E-state index contributed by atoms with van der Waals surface area (Å²) in [4.78, 5) is 0.123. The summed E-state index contributed by atoms with van der Waals surface area (Å²) in [6, 6.07) is 2.88. The van der Waals surface area contributed by atoms with Gasteiger partial charge in [-0.25, -0.2) is 13.1 Å². The van der Waals surface area contributed by atoms with Crippen molar-refractivity contribution in [2.45, 2.75) is 37.5 Å². The minimum Gasteiger partial charge on any atom is -0.398 e. The molecule has 0 atom stereocenters. The van der Waals surface area contributed by atoms with E-state index in [1.807, 2.05) is 11.8 Å². The van der Waals surface area contributed by atoms with Crippen LogP contribution < -0.4 is 10.5 Å². The molecular formula is C14H23ClN2O2S2. The summed E-state index contributed by atoms with van der Waals surface area (Å²) in [6.07, 6.45) is 6.26. The molecule has 0 spiro atoms. The first-order valence-electron chi connectivity index (χ1n) is 6.92. The number of nitrogens with two attached hydrogens (primary N) is 1. The highest BCUT2D eigenvalue weighted by Gasteiger charge is 2.16. The van der Waals surface area contributed by atoms with Gasteiger partial charge < -0.3 is 5.73 Å². The first kappa shape index (κ1) is 18.6. The summed E-state index contributed by atoms with van der Waals surface area (Å²) in [6.45, 7) is 2.20. The molecule has 0 heterocycles. The molecule has 0 aromatic heterocycles. The Labute approximate surface area is 136 Å². The van der Waals surface area contributed by atoms with E-state index in [9.17, 15) is 8.42 Å². The summed E-state index contributed by atoms with van der Waals surface area (Å²) in [5, 5.41) is 0.368. The average Bonchev–Trinajstić information content (AvgIpc) is 2.43. The van der Waals surface area contributed by atoms with Crippen LogP contribution in [0.15, 0.2) is 17.0 Å². The fourth-order valence-electron chi connectivity index (χ4n) is 1.84. The monoisotopic (exact) mass is 350 g/mol. The Morgan fingerprint density at radius 3 is 2.52 bits per heavy atom. The number of rotatable bonds is 9. The number of thioether (sulfide) groups is 1. The van der Waals surface area contributed by atoms with E-state index in [1.165, 1.54) is 18.6 Å². The minimum atomic E-state index is -3.54. The van der Waals surface area contributed by atoms with Crippen LogP contribution in [0.3, 0.4) is 0 Å². The normalized spacial score (nSPS) is 11.8. The van der Waals surface area contributed by atoms with Crippen molar-refractivity contribution in [1.82, 2.24) is 4.72 Å². The fraction of sp³-hybridized carbons (Fsp3) is 0.571. The number of nitrogens with one attached hydrogen (secondary N) is 1. The van der Waals surface area contributed by atoms with Gasteiger partial charge in [-0.3, -0.25) is 0 Å². The zero-order valence-electron chi connectivity index (χ0n) is 12.5. The maximum absolute atomic E-state index is 12.2. The first-order valence-corrected chi connectivity index (χ1v) is 10.2. The van der Waals surface area contributed by atoms with Gasteiger partial charge in [0.1, 0.15) is 0 Å². The van der Waals surface area contributed by atoms with Crippen molar-refractivity contribution >= 4 is 39.1 Å². The van der Waals surface area contributed by atoms with Crippen LogP contribution in [0.2, 0.25) is 5.02 Å². The molecule has 1 aromatic rings. The number of halogens is 1. The van der Waals surface area contributed by atoms with Gasteiger partial charge in [-0.2, -0.15) is 11.8 Å². The van der Waals surface area contributed by atoms with Crippen LogP contribution in [0.1, 0.15) is 31.2 Å². The first-order chi connectivity index (χ1) is 9.88. The van der Waals surface area contributed by atoms with Gasteiger partial charge in [0.25, 0.3) is 0 Å². The molecule has 0 unspecified atom stereocenters. The lowest BCUT2D eigenvalue weighted by atomic mass is 10.2. The van der Waals surface area contributed by atoms with Gasteiger partial charge in [0, 0.05) is 17.3 Å². The number of anilines is 1. The lowest BCUT2D eigenvalue weighted by Gasteiger charge is -2.10. The van der Waals surface area contributed by atoms with Gasteiger partial charge in [0.15, 0.2) is 0 Å². The Kier molecular flexibility index (Phi) is 7.87. The fourth-order valence-corrected chi connectivity index (χ4v) is 3.76. The van der Waals surface area contributed by atoms with E-state index in [1.54, 1.807) is 6.92 Å². The Morgan fingerprint density at radius 2 is 1.90 bits per heavy atom. The van der Waals surface area contributed by atoms with Gasteiger partial charge in [0.05, 0.1) is 4.90 Å². The van der Waals surface area contributed by atoms with Gasteiger partial charge in [-0.1, -0.05) is 24.4 Å². The second-order valence-corrected chi connectivity index (χ2v) is 8.08. The van der Waals surface area contributed by atoms with Crippen LogP contribution in [-0.2, 0) is 10.0 Å². The smallest absolute Gasteiger partial charge is 0.240 e. The molecule has 0 radical (unpaired) electrons. The molecule has 21 heavy (non-hydrogen) atoms. The zero-order valence-corrected chi connectivity index (χ0v) is 14.9. The van der Waals surface area contributed by atoms with Crippen molar-refractivity contribution in [3.8, 4) is 0 Å². The summed E-state index contributed by atoms with van der Waals surface area (Å²) < 4.78 is 26.9. The van der Waals surface area contributed by atoms with Crippen LogP contribution in [-0.4, -0.2) is 27.0 Å². The third kappa shape index (κ3) is 6.06. The molecule has 0 saturated carbocycles. The zero-order chi connectivity index (χ0) is 15.9. The minimum absolute atomic E-state index is 0.123. The van der Waals surface area contributed by atoms with Crippen molar-refractivity contribution in [3.05, 3.63) is 22.7 Å². The largest absolute Gasteiger partial charge is 0.398 e. The summed E-state index contributed by atoms with van der Waals surface area (Å²) >= 11 is 7.82. The van der Waals surface area contributed by atoms with E-state index in [4.69, 9.17) is 17.3 Å². The van der Waals surface area contributed by atoms with Crippen molar-refractivity contribution in [2.24, 2.45) is 0 Å². The molecule has 1 aromatic carbocycles. The molecule has 0 fully saturated rings. The molecule has 1 rings (SSSR count). The number of benzene rings is 1. The third-order valence-corrected chi connectivity index (χ3v) is 5.77. The Morgan fingerprint density at radius 1 is 1.24 bits per heavy atom. The maximum atomic E-state index is 12.2. The second-order valence-electron chi connectivity index (χ2n) is 4.92. The second kappa shape index (κ2) is 8.88. The lowest BCUT2D eigenvalue weighted by Crippen LogP contribution is -2.25. The number of hydrogen-bond donors (Lipinski definition) is 2. The van der Waals surface area contributed by atoms with Crippen molar-refractivity contribution in [1.29, 1.82) is 0 Å². The van der Waals surface area contributed by atoms with Crippen LogP contribution in [0, 0.1) is 6.92 Å². The molecule has 0 amide bonds. The van der Waals surface area contributed by atoms with Gasteiger partial charge in [-0.05, 0) is 49.5 Å². The molecule has 3 N–H and O–H groups in total. The van der Waals surface area contributed by atoms with Crippen molar-refractivity contribution in [2.75, 3.05) is 24.3 Å². The maximum Gasteiger partial charge on any atom is 0.240 e. The molecule has 0 aliphatic heterocycles. The summed E-state index contributed by atoms with van der Waals surface area (Å²) in [5.74, 6) is 1.16. The van der Waals surface area contributed by atoms with Crippen LogP contribution in [0.25, 0.3) is 0 Å². The Balaban J connectivity index is 2.51. The number of hydrogen-bond acceptors (Lipinski definition) is 4. The highest BCUT2D eigenvalue weighted by Crippen LogP contribution is 2.25. The van der Waals surface area contributed by atoms with E-state index in [2.05, 4.69) is 11.0 Å². The molecule has 4 nitrogen and oxygen atoms in total. The highest BCUT2D eigenvalue weighted by atomic mass is 35.5. The van der Waals surface area contributed by atoms with E-state index in [0.29, 0.717) is 22.8 Å². The standard InChI is InChI=1S/C14H23ClN2O2S2/c1-11-13(15)9-12(10-14(11)16)21(18,19)17-7-5-3-4-6-8-20-2/h9-10,17H,3-8,16H2,1-2H3. The van der Waals surface area contributed by atoms with E-state index >= 15 is 0 Å². The molecule has 0 aliphatic rings. The molecule has 7 heteroatoms. The lowest BCUT2D eigenvalue weighted by molar-refractivity contribution is 0.574. The number of unbranched alkanes of at least 4 members (excludes halogenated alkanes) is 3. The number of sulfonamides is 1. The summed E-state index contributed by atoms with van der Waals surface area (Å²) in [5.41, 5.74) is 6.85. The predicted octanol–water partition coefficient (Wildman–Crippen LogP) is 3.43. The van der Waals surface area contributed by atoms with Crippen molar-refractivity contribution in [3.63, 3.8) is 0 Å². The topological polar surface area (TPSA) is 72.2 Å². The predicted molar refractivity (Wildman–Crippen MR) is 92.6 cm³/mol. The number of nitrogen functional groups attached to an aromatic ring is 1. The third-order valence-electron chi connectivity index (χ3n) is 3.24. The van der Waals surface area contributed by atoms with E-state index < -0.39 is 10.0 Å². The molecule has 0 bridgehead atoms. The molecule has 0 saturated heterocycles. The van der Waals surface area contributed by atoms with Gasteiger partial charge >= 0.3 is 0 Å². The van der Waals surface area contributed by atoms with Crippen LogP contribution in [0.5, 0.6) is 0 Å². The average molecular weight is 351 g/mol. The highest BCUT2D eigenvalue weighted by molar-refractivity contribution is 7.98. The quantitative estimate of drug-likeness (QED) is 0.528. The Hall–Kier alpha value is -0.430. The van der Waals surface area contributed by atoms with Crippen molar-refractivity contribution < 1.29 is 8.42 Å².